The molecular formula is C21H33N3O2. The lowest BCUT2D eigenvalue weighted by atomic mass is 9.79. The Morgan fingerprint density at radius 1 is 1.19 bits per heavy atom. The van der Waals surface area contributed by atoms with Crippen LogP contribution in [0.15, 0.2) is 6.07 Å². The number of rotatable bonds is 7. The molecule has 26 heavy (non-hydrogen) atoms. The number of carbonyl (C=O) groups excluding carboxylic acids is 1. The first-order valence-corrected chi connectivity index (χ1v) is 10.2. The van der Waals surface area contributed by atoms with Gasteiger partial charge in [0.2, 0.25) is 5.91 Å². The molecule has 144 valence electrons. The smallest absolute Gasteiger partial charge is 0.231 e. The van der Waals surface area contributed by atoms with Gasteiger partial charge in [-0.2, -0.15) is 0 Å². The topological polar surface area (TPSA) is 54.5 Å². The summed E-state index contributed by atoms with van der Waals surface area (Å²) < 4.78 is 5.47. The van der Waals surface area contributed by atoms with Crippen LogP contribution in [0.5, 0.6) is 0 Å². The van der Waals surface area contributed by atoms with Crippen molar-refractivity contribution >= 4 is 11.7 Å². The third kappa shape index (κ3) is 3.94. The van der Waals surface area contributed by atoms with E-state index in [1.807, 2.05) is 0 Å². The van der Waals surface area contributed by atoms with Crippen LogP contribution in [0.25, 0.3) is 0 Å². The van der Waals surface area contributed by atoms with E-state index in [0.717, 1.165) is 70.8 Å². The first-order valence-electron chi connectivity index (χ1n) is 10.2. The molecule has 1 aliphatic carbocycles. The van der Waals surface area contributed by atoms with Crippen LogP contribution in [0.4, 0.5) is 5.82 Å². The zero-order valence-electron chi connectivity index (χ0n) is 16.6. The Hall–Kier alpha value is -1.46. The molecular weight excluding hydrogens is 326 g/mol. The second-order valence-electron chi connectivity index (χ2n) is 7.63. The van der Waals surface area contributed by atoms with E-state index in [2.05, 4.69) is 37.1 Å². The fourth-order valence-electron chi connectivity index (χ4n) is 4.31. The van der Waals surface area contributed by atoms with Crippen LogP contribution in [-0.2, 0) is 28.9 Å². The number of carbonyl (C=O) groups is 1. The Morgan fingerprint density at radius 2 is 1.88 bits per heavy atom. The lowest BCUT2D eigenvalue weighted by Crippen LogP contribution is -2.36. The van der Waals surface area contributed by atoms with Gasteiger partial charge in [0.15, 0.2) is 0 Å². The Morgan fingerprint density at radius 3 is 2.54 bits per heavy atom. The summed E-state index contributed by atoms with van der Waals surface area (Å²) in [7, 11) is 0. The molecule has 0 atom stereocenters. The largest absolute Gasteiger partial charge is 0.379 e. The number of hydrogen-bond donors (Lipinski definition) is 1. The third-order valence-corrected chi connectivity index (χ3v) is 6.39. The van der Waals surface area contributed by atoms with Crippen LogP contribution in [0.2, 0.25) is 0 Å². The van der Waals surface area contributed by atoms with Gasteiger partial charge in [0.25, 0.3) is 0 Å². The summed E-state index contributed by atoms with van der Waals surface area (Å²) in [6.07, 6.45) is 5.87. The van der Waals surface area contributed by atoms with Crippen molar-refractivity contribution in [2.75, 3.05) is 31.6 Å². The normalized spacial score (nSPS) is 18.0. The average molecular weight is 360 g/mol. The van der Waals surface area contributed by atoms with Gasteiger partial charge in [-0.25, -0.2) is 4.98 Å². The molecule has 1 N–H and O–H groups in total. The molecule has 0 radical (unpaired) electrons. The number of aromatic nitrogens is 1. The van der Waals surface area contributed by atoms with Crippen LogP contribution in [0.3, 0.4) is 0 Å². The van der Waals surface area contributed by atoms with Crippen LogP contribution >= 0.6 is 0 Å². The van der Waals surface area contributed by atoms with E-state index in [9.17, 15) is 4.79 Å². The van der Waals surface area contributed by atoms with E-state index < -0.39 is 0 Å². The van der Waals surface area contributed by atoms with Crippen molar-refractivity contribution in [3.63, 3.8) is 0 Å². The van der Waals surface area contributed by atoms with Gasteiger partial charge >= 0.3 is 0 Å². The van der Waals surface area contributed by atoms with Crippen molar-refractivity contribution in [1.29, 1.82) is 0 Å². The van der Waals surface area contributed by atoms with Gasteiger partial charge < -0.3 is 10.1 Å². The van der Waals surface area contributed by atoms with Crippen molar-refractivity contribution in [2.24, 2.45) is 5.41 Å². The minimum Gasteiger partial charge on any atom is -0.379 e. The second-order valence-corrected chi connectivity index (χ2v) is 7.63. The first kappa shape index (κ1) is 19.3. The van der Waals surface area contributed by atoms with Gasteiger partial charge in [-0.15, -0.1) is 0 Å². The number of amides is 1. The fraction of sp³-hybridized carbons (Fsp3) is 0.714. The highest BCUT2D eigenvalue weighted by Crippen LogP contribution is 2.33. The summed E-state index contributed by atoms with van der Waals surface area (Å²) in [6.45, 7) is 10.8. The van der Waals surface area contributed by atoms with Crippen molar-refractivity contribution in [3.8, 4) is 0 Å². The highest BCUT2D eigenvalue weighted by Gasteiger charge is 2.33. The minimum atomic E-state index is -0.287. The summed E-state index contributed by atoms with van der Waals surface area (Å²) in [6, 6.07) is 2.11. The molecule has 0 aromatic carbocycles. The molecule has 1 aromatic rings. The van der Waals surface area contributed by atoms with E-state index in [4.69, 9.17) is 9.72 Å². The Balaban J connectivity index is 1.81. The minimum absolute atomic E-state index is 0.118. The van der Waals surface area contributed by atoms with E-state index in [0.29, 0.717) is 0 Å². The number of pyridine rings is 1. The van der Waals surface area contributed by atoms with Crippen LogP contribution < -0.4 is 5.32 Å². The molecule has 5 nitrogen and oxygen atoms in total. The molecule has 1 fully saturated rings. The van der Waals surface area contributed by atoms with Gasteiger partial charge in [-0.3, -0.25) is 9.69 Å². The fourth-order valence-corrected chi connectivity index (χ4v) is 4.31. The number of nitrogens with zero attached hydrogens (tertiary/aromatic N) is 2. The molecule has 1 amide bonds. The zero-order valence-corrected chi connectivity index (χ0v) is 16.6. The number of ether oxygens (including phenoxy) is 1. The van der Waals surface area contributed by atoms with Gasteiger partial charge in [0.1, 0.15) is 5.82 Å². The molecule has 1 aromatic heterocycles. The van der Waals surface area contributed by atoms with Gasteiger partial charge in [0, 0.05) is 30.7 Å². The van der Waals surface area contributed by atoms with E-state index in [1.165, 1.54) is 23.2 Å². The number of anilines is 1. The number of nitrogens with one attached hydrogen (secondary N) is 1. The number of morpholine rings is 1. The molecule has 3 rings (SSSR count). The molecule has 0 unspecified atom stereocenters. The summed E-state index contributed by atoms with van der Waals surface area (Å²) in [5.41, 5.74) is 3.63. The number of aryl methyl sites for hydroxylation is 1. The molecule has 1 aliphatic heterocycles. The van der Waals surface area contributed by atoms with E-state index in [-0.39, 0.29) is 11.3 Å². The summed E-state index contributed by atoms with van der Waals surface area (Å²) in [5, 5.41) is 3.15. The van der Waals surface area contributed by atoms with E-state index >= 15 is 0 Å². The third-order valence-electron chi connectivity index (χ3n) is 6.39. The maximum Gasteiger partial charge on any atom is 0.231 e. The zero-order chi connectivity index (χ0) is 18.6. The van der Waals surface area contributed by atoms with Crippen molar-refractivity contribution in [1.82, 2.24) is 9.88 Å². The Labute approximate surface area is 157 Å². The van der Waals surface area contributed by atoms with Crippen LogP contribution in [0.1, 0.15) is 63.3 Å². The van der Waals surface area contributed by atoms with Gasteiger partial charge in [-0.1, -0.05) is 20.8 Å². The summed E-state index contributed by atoms with van der Waals surface area (Å²) in [5.74, 6) is 0.853. The van der Waals surface area contributed by atoms with Crippen molar-refractivity contribution < 1.29 is 9.53 Å². The first-order chi connectivity index (χ1) is 12.6. The number of fused-ring (bicyclic) bond motifs is 1. The Kier molecular flexibility index (Phi) is 6.30. The standard InChI is InChI=1S/C21H33N3O2/c1-4-21(5-2,6-3)20(25)23-19-14-16(15-24-10-12-26-13-11-24)17-8-7-9-18(17)22-19/h14H,4-13,15H2,1-3H3,(H,22,23,25). The average Bonchev–Trinajstić information content (AvgIpc) is 3.13. The predicted molar refractivity (Wildman–Crippen MR) is 104 cm³/mol. The molecule has 5 heteroatoms. The van der Waals surface area contributed by atoms with Crippen molar-refractivity contribution in [2.45, 2.75) is 65.8 Å². The molecule has 2 aliphatic rings. The van der Waals surface area contributed by atoms with Crippen molar-refractivity contribution in [3.05, 3.63) is 22.9 Å². The highest BCUT2D eigenvalue weighted by molar-refractivity contribution is 5.94. The molecule has 2 heterocycles. The Bertz CT molecular complexity index is 626. The summed E-state index contributed by atoms with van der Waals surface area (Å²) >= 11 is 0. The quantitative estimate of drug-likeness (QED) is 0.809. The maximum absolute atomic E-state index is 13.0. The highest BCUT2D eigenvalue weighted by atomic mass is 16.5. The maximum atomic E-state index is 13.0. The lowest BCUT2D eigenvalue weighted by molar-refractivity contribution is -0.126. The molecule has 0 saturated carbocycles. The number of hydrogen-bond acceptors (Lipinski definition) is 4. The SMILES string of the molecule is CCC(CC)(CC)C(=O)Nc1cc(CN2CCOCC2)c2c(n1)CCC2. The van der Waals surface area contributed by atoms with Gasteiger partial charge in [-0.05, 0) is 55.7 Å². The molecule has 0 spiro atoms. The van der Waals surface area contributed by atoms with E-state index in [1.54, 1.807) is 0 Å². The van der Waals surface area contributed by atoms with Crippen LogP contribution in [-0.4, -0.2) is 42.1 Å². The summed E-state index contributed by atoms with van der Waals surface area (Å²) in [4.78, 5) is 20.2. The van der Waals surface area contributed by atoms with Gasteiger partial charge in [0.05, 0.1) is 13.2 Å². The monoisotopic (exact) mass is 359 g/mol. The van der Waals surface area contributed by atoms with Crippen LogP contribution in [0, 0.1) is 5.41 Å². The molecule has 1 saturated heterocycles. The predicted octanol–water partition coefficient (Wildman–Crippen LogP) is 3.56. The molecule has 0 bridgehead atoms. The second kappa shape index (κ2) is 8.49. The lowest BCUT2D eigenvalue weighted by Gasteiger charge is -2.29.